The van der Waals surface area contributed by atoms with Crippen LogP contribution in [0.2, 0.25) is 0 Å². The molecule has 106 valence electrons. The average Bonchev–Trinajstić information content (AvgIpc) is 2.66. The van der Waals surface area contributed by atoms with Gasteiger partial charge in [-0.15, -0.1) is 11.3 Å². The summed E-state index contributed by atoms with van der Waals surface area (Å²) in [6.07, 6.45) is -4.56. The second-order valence-corrected chi connectivity index (χ2v) is 6.56. The largest absolute Gasteiger partial charge is 0.417 e. The van der Waals surface area contributed by atoms with Crippen molar-refractivity contribution in [2.45, 2.75) is 20.0 Å². The Morgan fingerprint density at radius 1 is 1.20 bits per heavy atom. The van der Waals surface area contributed by atoms with Crippen molar-refractivity contribution >= 4 is 33.0 Å². The van der Waals surface area contributed by atoms with Crippen LogP contribution in [0.4, 0.5) is 13.2 Å². The summed E-state index contributed by atoms with van der Waals surface area (Å²) in [7, 11) is 0. The number of aryl methyl sites for hydroxylation is 2. The molecule has 0 spiro atoms. The zero-order valence-electron chi connectivity index (χ0n) is 10.6. The molecule has 0 saturated heterocycles. The molecular formula is C14H10BrF3OS. The summed E-state index contributed by atoms with van der Waals surface area (Å²) in [5.74, 6) is -0.583. The van der Waals surface area contributed by atoms with E-state index in [0.29, 0.717) is 14.9 Å². The van der Waals surface area contributed by atoms with E-state index in [9.17, 15) is 18.0 Å². The van der Waals surface area contributed by atoms with Crippen molar-refractivity contribution in [2.24, 2.45) is 0 Å². The molecule has 1 nitrogen and oxygen atoms in total. The summed E-state index contributed by atoms with van der Waals surface area (Å²) >= 11 is 4.22. The predicted octanol–water partition coefficient (Wildman–Crippen LogP) is 5.38. The van der Waals surface area contributed by atoms with Crippen LogP contribution in [-0.4, -0.2) is 5.78 Å². The van der Waals surface area contributed by atoms with Gasteiger partial charge >= 0.3 is 6.18 Å². The maximum absolute atomic E-state index is 13.0. The van der Waals surface area contributed by atoms with Crippen LogP contribution < -0.4 is 0 Å². The lowest BCUT2D eigenvalue weighted by Crippen LogP contribution is -2.13. The molecule has 0 bridgehead atoms. The van der Waals surface area contributed by atoms with Crippen molar-refractivity contribution in [3.63, 3.8) is 0 Å². The molecule has 1 heterocycles. The van der Waals surface area contributed by atoms with E-state index in [1.807, 2.05) is 6.92 Å². The smallest absolute Gasteiger partial charge is 0.288 e. The molecule has 0 aliphatic carbocycles. The van der Waals surface area contributed by atoms with Crippen molar-refractivity contribution in [3.8, 4) is 0 Å². The molecule has 0 unspecified atom stereocenters. The Kier molecular flexibility index (Phi) is 4.07. The lowest BCUT2D eigenvalue weighted by atomic mass is 10.0. The lowest BCUT2D eigenvalue weighted by molar-refractivity contribution is -0.137. The highest BCUT2D eigenvalue weighted by molar-refractivity contribution is 9.10. The Morgan fingerprint density at radius 3 is 2.35 bits per heavy atom. The molecule has 0 aliphatic rings. The van der Waals surface area contributed by atoms with E-state index in [-0.39, 0.29) is 5.56 Å². The second kappa shape index (κ2) is 5.33. The molecule has 0 atom stereocenters. The van der Waals surface area contributed by atoms with Crippen molar-refractivity contribution < 1.29 is 18.0 Å². The first-order valence-corrected chi connectivity index (χ1v) is 7.29. The number of alkyl halides is 3. The third kappa shape index (κ3) is 2.96. The predicted molar refractivity (Wildman–Crippen MR) is 76.4 cm³/mol. The van der Waals surface area contributed by atoms with Crippen LogP contribution in [0.5, 0.6) is 0 Å². The van der Waals surface area contributed by atoms with E-state index in [1.165, 1.54) is 23.5 Å². The maximum Gasteiger partial charge on any atom is 0.417 e. The van der Waals surface area contributed by atoms with Gasteiger partial charge in [0.05, 0.1) is 10.4 Å². The summed E-state index contributed by atoms with van der Waals surface area (Å²) < 4.78 is 39.4. The Balaban J connectivity index is 2.58. The first kappa shape index (κ1) is 15.3. The van der Waals surface area contributed by atoms with Crippen molar-refractivity contribution in [3.05, 3.63) is 55.2 Å². The molecule has 0 saturated carbocycles. The zero-order chi connectivity index (χ0) is 15.1. The van der Waals surface area contributed by atoms with Gasteiger partial charge in [-0.25, -0.2) is 0 Å². The van der Waals surface area contributed by atoms with Crippen LogP contribution in [0, 0.1) is 13.8 Å². The Bertz CT molecular complexity index is 674. The number of hydrogen-bond donors (Lipinski definition) is 0. The van der Waals surface area contributed by atoms with Gasteiger partial charge in [-0.1, -0.05) is 15.9 Å². The molecule has 0 aliphatic heterocycles. The fraction of sp³-hybridized carbons (Fsp3) is 0.214. The minimum absolute atomic E-state index is 0.292. The maximum atomic E-state index is 13.0. The summed E-state index contributed by atoms with van der Waals surface area (Å²) in [6.45, 7) is 3.55. The highest BCUT2D eigenvalue weighted by atomic mass is 79.9. The summed E-state index contributed by atoms with van der Waals surface area (Å²) in [6, 6.07) is 5.38. The SMILES string of the molecule is Cc1cc(C)c(C(=O)c2ccc(Br)cc2C(F)(F)F)s1. The van der Waals surface area contributed by atoms with Crippen LogP contribution >= 0.6 is 27.3 Å². The monoisotopic (exact) mass is 362 g/mol. The van der Waals surface area contributed by atoms with E-state index >= 15 is 0 Å². The highest BCUT2D eigenvalue weighted by Crippen LogP contribution is 2.36. The molecule has 0 amide bonds. The average molecular weight is 363 g/mol. The zero-order valence-corrected chi connectivity index (χ0v) is 13.0. The normalized spacial score (nSPS) is 11.7. The van der Waals surface area contributed by atoms with Gasteiger partial charge in [0.2, 0.25) is 5.78 Å². The number of ketones is 1. The standard InChI is InChI=1S/C14H10BrF3OS/c1-7-5-8(2)20-13(7)12(19)10-4-3-9(15)6-11(10)14(16,17)18/h3-6H,1-2H3. The molecule has 2 aromatic rings. The van der Waals surface area contributed by atoms with Crippen LogP contribution in [0.1, 0.15) is 31.2 Å². The fourth-order valence-corrected chi connectivity index (χ4v) is 3.28. The topological polar surface area (TPSA) is 17.1 Å². The van der Waals surface area contributed by atoms with Crippen LogP contribution in [0.25, 0.3) is 0 Å². The molecule has 0 N–H and O–H groups in total. The Hall–Kier alpha value is -1.14. The molecule has 1 aromatic heterocycles. The first-order valence-electron chi connectivity index (χ1n) is 5.68. The minimum Gasteiger partial charge on any atom is -0.288 e. The molecule has 6 heteroatoms. The third-order valence-electron chi connectivity index (χ3n) is 2.78. The number of rotatable bonds is 2. The van der Waals surface area contributed by atoms with Gasteiger partial charge in [0, 0.05) is 14.9 Å². The van der Waals surface area contributed by atoms with E-state index in [2.05, 4.69) is 15.9 Å². The van der Waals surface area contributed by atoms with Crippen molar-refractivity contribution in [2.75, 3.05) is 0 Å². The number of hydrogen-bond acceptors (Lipinski definition) is 2. The van der Waals surface area contributed by atoms with Gasteiger partial charge in [-0.05, 0) is 43.7 Å². The Labute approximate surface area is 126 Å². The second-order valence-electron chi connectivity index (χ2n) is 4.39. The molecule has 1 aromatic carbocycles. The van der Waals surface area contributed by atoms with E-state index in [4.69, 9.17) is 0 Å². The van der Waals surface area contributed by atoms with Crippen molar-refractivity contribution in [1.29, 1.82) is 0 Å². The van der Waals surface area contributed by atoms with Gasteiger partial charge < -0.3 is 0 Å². The number of halogens is 4. The number of carbonyl (C=O) groups excluding carboxylic acids is 1. The van der Waals surface area contributed by atoms with Gasteiger partial charge in [0.15, 0.2) is 0 Å². The Morgan fingerprint density at radius 2 is 1.85 bits per heavy atom. The number of carbonyl (C=O) groups is 1. The molecular weight excluding hydrogens is 353 g/mol. The van der Waals surface area contributed by atoms with Gasteiger partial charge in [0.1, 0.15) is 0 Å². The van der Waals surface area contributed by atoms with Gasteiger partial charge in [0.25, 0.3) is 0 Å². The number of benzene rings is 1. The molecule has 20 heavy (non-hydrogen) atoms. The van der Waals surface area contributed by atoms with Crippen molar-refractivity contribution in [1.82, 2.24) is 0 Å². The van der Waals surface area contributed by atoms with Gasteiger partial charge in [-0.2, -0.15) is 13.2 Å². The summed E-state index contributed by atoms with van der Waals surface area (Å²) in [5, 5.41) is 0. The van der Waals surface area contributed by atoms with Crippen LogP contribution in [0.3, 0.4) is 0 Å². The summed E-state index contributed by atoms with van der Waals surface area (Å²) in [5.41, 5.74) is -0.526. The van der Waals surface area contributed by atoms with Crippen LogP contribution in [-0.2, 0) is 6.18 Å². The van der Waals surface area contributed by atoms with Crippen LogP contribution in [0.15, 0.2) is 28.7 Å². The third-order valence-corrected chi connectivity index (χ3v) is 4.42. The highest BCUT2D eigenvalue weighted by Gasteiger charge is 2.36. The van der Waals surface area contributed by atoms with E-state index in [0.717, 1.165) is 10.9 Å². The fourth-order valence-electron chi connectivity index (χ4n) is 1.94. The summed E-state index contributed by atoms with van der Waals surface area (Å²) in [4.78, 5) is 13.6. The van der Waals surface area contributed by atoms with E-state index in [1.54, 1.807) is 13.0 Å². The quantitative estimate of drug-likeness (QED) is 0.655. The minimum atomic E-state index is -4.56. The molecule has 0 fully saturated rings. The number of thiophene rings is 1. The van der Waals surface area contributed by atoms with Gasteiger partial charge in [-0.3, -0.25) is 4.79 Å². The lowest BCUT2D eigenvalue weighted by Gasteiger charge is -2.12. The molecule has 2 rings (SSSR count). The first-order chi connectivity index (χ1) is 9.20. The molecule has 0 radical (unpaired) electrons. The van der Waals surface area contributed by atoms with E-state index < -0.39 is 17.5 Å².